The van der Waals surface area contributed by atoms with Crippen molar-refractivity contribution in [3.05, 3.63) is 77.1 Å². The van der Waals surface area contributed by atoms with Crippen LogP contribution in [-0.2, 0) is 10.3 Å². The fourth-order valence-electron chi connectivity index (χ4n) is 7.85. The highest BCUT2D eigenvalue weighted by atomic mass is 16.5. The van der Waals surface area contributed by atoms with E-state index in [1.165, 1.54) is 24.0 Å². The van der Waals surface area contributed by atoms with Gasteiger partial charge in [-0.3, -0.25) is 4.79 Å². The molecule has 4 aromatic rings. The number of nitrogens with zero attached hydrogens (tertiary/aromatic N) is 5. The fourth-order valence-corrected chi connectivity index (χ4v) is 7.85. The van der Waals surface area contributed by atoms with Crippen molar-refractivity contribution in [2.45, 2.75) is 55.6 Å². The maximum atomic E-state index is 13.5. The van der Waals surface area contributed by atoms with Crippen LogP contribution in [0.4, 0.5) is 0 Å². The monoisotopic (exact) mass is 518 g/mol. The summed E-state index contributed by atoms with van der Waals surface area (Å²) in [5.74, 6) is 2.37. The van der Waals surface area contributed by atoms with Gasteiger partial charge in [0.05, 0.1) is 41.9 Å². The van der Waals surface area contributed by atoms with Gasteiger partial charge in [0, 0.05) is 42.4 Å². The molecule has 3 aliphatic heterocycles. The minimum Gasteiger partial charge on any atom is -0.380 e. The zero-order valence-electron chi connectivity index (χ0n) is 21.9. The molecule has 2 aliphatic carbocycles. The van der Waals surface area contributed by atoms with E-state index in [0.29, 0.717) is 5.92 Å². The minimum atomic E-state index is -0.454. The van der Waals surface area contributed by atoms with E-state index in [4.69, 9.17) is 25.4 Å². The minimum absolute atomic E-state index is 0.0343. The summed E-state index contributed by atoms with van der Waals surface area (Å²) in [6, 6.07) is 12.8. The standard InChI is InChI=1S/C31H30N6O2/c1-36-25-10-24(26-20(17-5-6-17)3-2-4-21(26)28(36)38)37-23-9-18(7-8-22(23)35-27(25)37)19-11-33-29(34-12-19)31(32)13-30(14-31)15-39-16-30/h2-4,7-9,11-12,17,24-25H,5-6,10,13-16,32H2,1H3. The molecule has 2 saturated carbocycles. The highest BCUT2D eigenvalue weighted by Crippen LogP contribution is 2.56. The Labute approximate surface area is 226 Å². The molecule has 1 spiro atoms. The summed E-state index contributed by atoms with van der Waals surface area (Å²) in [6.45, 7) is 1.61. The summed E-state index contributed by atoms with van der Waals surface area (Å²) in [4.78, 5) is 29.9. The molecule has 9 rings (SSSR count). The lowest BCUT2D eigenvalue weighted by atomic mass is 9.56. The molecule has 2 unspecified atom stereocenters. The van der Waals surface area contributed by atoms with Crippen molar-refractivity contribution in [2.75, 3.05) is 20.3 Å². The van der Waals surface area contributed by atoms with E-state index < -0.39 is 5.54 Å². The van der Waals surface area contributed by atoms with E-state index in [9.17, 15) is 4.79 Å². The Hall–Kier alpha value is -3.62. The highest BCUT2D eigenvalue weighted by Gasteiger charge is 2.58. The first-order valence-corrected chi connectivity index (χ1v) is 14.0. The number of rotatable bonds is 3. The molecule has 39 heavy (non-hydrogen) atoms. The molecular formula is C31H30N6O2. The van der Waals surface area contributed by atoms with Gasteiger partial charge in [-0.25, -0.2) is 15.0 Å². The van der Waals surface area contributed by atoms with E-state index in [1.807, 2.05) is 30.4 Å². The number of fused-ring (bicyclic) bond motifs is 9. The smallest absolute Gasteiger partial charge is 0.254 e. The first-order valence-electron chi connectivity index (χ1n) is 14.0. The second-order valence-electron chi connectivity index (χ2n) is 12.6. The lowest BCUT2D eigenvalue weighted by Gasteiger charge is -2.57. The number of carbonyl (C=O) groups excluding carboxylic acids is 1. The van der Waals surface area contributed by atoms with Gasteiger partial charge in [0.2, 0.25) is 0 Å². The Kier molecular flexibility index (Phi) is 4.17. The molecule has 1 amide bonds. The van der Waals surface area contributed by atoms with Crippen LogP contribution in [-0.4, -0.2) is 50.6 Å². The lowest BCUT2D eigenvalue weighted by Crippen LogP contribution is -2.64. The average molecular weight is 519 g/mol. The SMILES string of the molecule is CN1C(=O)c2cccc(C3CC3)c2C2CC1c1nc3ccc(-c4cnc(C5(N)CC6(COC6)C5)nc4)cc3n12. The number of aromatic nitrogens is 4. The third-order valence-corrected chi connectivity index (χ3v) is 9.91. The predicted molar refractivity (Wildman–Crippen MR) is 145 cm³/mol. The van der Waals surface area contributed by atoms with Gasteiger partial charge in [-0.2, -0.15) is 0 Å². The van der Waals surface area contributed by atoms with Crippen LogP contribution in [0, 0.1) is 5.41 Å². The maximum absolute atomic E-state index is 13.5. The van der Waals surface area contributed by atoms with Gasteiger partial charge in [-0.1, -0.05) is 18.2 Å². The molecule has 0 radical (unpaired) electrons. The van der Waals surface area contributed by atoms with Gasteiger partial charge in [-0.15, -0.1) is 0 Å². The van der Waals surface area contributed by atoms with E-state index in [-0.39, 0.29) is 23.4 Å². The van der Waals surface area contributed by atoms with Gasteiger partial charge in [-0.05, 0) is 66.5 Å². The first kappa shape index (κ1) is 22.2. The van der Waals surface area contributed by atoms with Crippen LogP contribution in [0.1, 0.15) is 83.2 Å². The number of imidazole rings is 1. The second-order valence-corrected chi connectivity index (χ2v) is 12.6. The Morgan fingerprint density at radius 3 is 2.54 bits per heavy atom. The van der Waals surface area contributed by atoms with Crippen LogP contribution in [0.2, 0.25) is 0 Å². The molecule has 2 bridgehead atoms. The molecule has 8 heteroatoms. The van der Waals surface area contributed by atoms with Gasteiger partial charge in [0.25, 0.3) is 5.91 Å². The van der Waals surface area contributed by atoms with Crippen molar-refractivity contribution in [1.82, 2.24) is 24.4 Å². The van der Waals surface area contributed by atoms with Crippen LogP contribution < -0.4 is 5.73 Å². The van der Waals surface area contributed by atoms with Crippen LogP contribution in [0.15, 0.2) is 48.8 Å². The Bertz CT molecular complexity index is 1690. The zero-order valence-corrected chi connectivity index (χ0v) is 21.9. The molecule has 2 N–H and O–H groups in total. The van der Waals surface area contributed by atoms with Crippen molar-refractivity contribution < 1.29 is 9.53 Å². The number of nitrogens with two attached hydrogens (primary N) is 1. The van der Waals surface area contributed by atoms with E-state index >= 15 is 0 Å². The summed E-state index contributed by atoms with van der Waals surface area (Å²) in [5.41, 5.74) is 13.9. The lowest BCUT2D eigenvalue weighted by molar-refractivity contribution is -0.189. The van der Waals surface area contributed by atoms with Crippen LogP contribution in [0.25, 0.3) is 22.2 Å². The zero-order chi connectivity index (χ0) is 26.1. The van der Waals surface area contributed by atoms with Gasteiger partial charge in [0.15, 0.2) is 0 Å². The van der Waals surface area contributed by atoms with Gasteiger partial charge >= 0.3 is 0 Å². The van der Waals surface area contributed by atoms with Crippen LogP contribution in [0.3, 0.4) is 0 Å². The summed E-state index contributed by atoms with van der Waals surface area (Å²) >= 11 is 0. The van der Waals surface area contributed by atoms with E-state index in [2.05, 4.69) is 34.9 Å². The van der Waals surface area contributed by atoms with Crippen molar-refractivity contribution in [3.63, 3.8) is 0 Å². The summed E-state index contributed by atoms with van der Waals surface area (Å²) in [6.07, 6.45) is 8.84. The first-order chi connectivity index (χ1) is 18.9. The number of carbonyl (C=O) groups is 1. The normalized spacial score (nSPS) is 25.7. The molecule has 8 nitrogen and oxygen atoms in total. The maximum Gasteiger partial charge on any atom is 0.254 e. The highest BCUT2D eigenvalue weighted by molar-refractivity contribution is 5.97. The van der Waals surface area contributed by atoms with Gasteiger partial charge in [0.1, 0.15) is 11.6 Å². The third kappa shape index (κ3) is 2.96. The van der Waals surface area contributed by atoms with Gasteiger partial charge < -0.3 is 19.9 Å². The Morgan fingerprint density at radius 1 is 1.03 bits per heavy atom. The molecule has 1 saturated heterocycles. The molecular weight excluding hydrogens is 488 g/mol. The molecule has 5 aliphatic rings. The second kappa shape index (κ2) is 7.31. The van der Waals surface area contributed by atoms with E-state index in [1.54, 1.807) is 0 Å². The largest absolute Gasteiger partial charge is 0.380 e. The van der Waals surface area contributed by atoms with Crippen molar-refractivity contribution >= 4 is 16.9 Å². The summed E-state index contributed by atoms with van der Waals surface area (Å²) < 4.78 is 7.81. The molecule has 196 valence electrons. The van der Waals surface area contributed by atoms with E-state index in [0.717, 1.165) is 71.8 Å². The number of hydrogen-bond acceptors (Lipinski definition) is 6. The quantitative estimate of drug-likeness (QED) is 0.430. The Balaban J connectivity index is 1.13. The number of ether oxygens (including phenoxy) is 1. The summed E-state index contributed by atoms with van der Waals surface area (Å²) in [5, 5.41) is 0. The Morgan fingerprint density at radius 2 is 1.82 bits per heavy atom. The number of amides is 1. The molecule has 2 atom stereocenters. The summed E-state index contributed by atoms with van der Waals surface area (Å²) in [7, 11) is 1.93. The molecule has 3 fully saturated rings. The van der Waals surface area contributed by atoms with Crippen molar-refractivity contribution in [2.24, 2.45) is 11.1 Å². The number of hydrogen-bond donors (Lipinski definition) is 1. The average Bonchev–Trinajstić information content (AvgIpc) is 3.62. The third-order valence-electron chi connectivity index (χ3n) is 9.91. The van der Waals surface area contributed by atoms with Crippen LogP contribution in [0.5, 0.6) is 0 Å². The molecule has 5 heterocycles. The van der Waals surface area contributed by atoms with Crippen molar-refractivity contribution in [3.8, 4) is 11.1 Å². The molecule has 2 aromatic heterocycles. The predicted octanol–water partition coefficient (Wildman–Crippen LogP) is 4.45. The van der Waals surface area contributed by atoms with Crippen molar-refractivity contribution in [1.29, 1.82) is 0 Å². The number of benzene rings is 2. The topological polar surface area (TPSA) is 99.2 Å². The fraction of sp³-hybridized carbons (Fsp3) is 0.419. The molecule has 2 aromatic carbocycles. The van der Waals surface area contributed by atoms with Crippen LogP contribution >= 0.6 is 0 Å².